The summed E-state index contributed by atoms with van der Waals surface area (Å²) in [5, 5.41) is 9.82. The van der Waals surface area contributed by atoms with E-state index in [1.165, 1.54) is 18.0 Å². The maximum Gasteiger partial charge on any atom is 0.404 e. The molecule has 0 aliphatic carbocycles. The molecule has 4 atom stereocenters. The van der Waals surface area contributed by atoms with Crippen molar-refractivity contribution in [1.29, 1.82) is 0 Å². The van der Waals surface area contributed by atoms with Gasteiger partial charge in [0.05, 0.1) is 11.9 Å². The van der Waals surface area contributed by atoms with E-state index in [0.717, 1.165) is 19.0 Å². The Labute approximate surface area is 211 Å². The number of aryl methyl sites for hydroxylation is 1. The fraction of sp³-hybridized carbons (Fsp3) is 0.600. The third kappa shape index (κ3) is 5.07. The average molecular weight is 523 g/mol. The first-order valence-electron chi connectivity index (χ1n) is 12.6. The van der Waals surface area contributed by atoms with Gasteiger partial charge < -0.3 is 10.2 Å². The number of hydrogen-bond donors (Lipinski definition) is 2. The van der Waals surface area contributed by atoms with Crippen molar-refractivity contribution in [1.82, 2.24) is 30.3 Å². The van der Waals surface area contributed by atoms with Crippen LogP contribution in [0, 0.1) is 18.7 Å². The van der Waals surface area contributed by atoms with Crippen LogP contribution in [0.4, 0.5) is 17.6 Å². The third-order valence-corrected chi connectivity index (χ3v) is 7.97. The van der Waals surface area contributed by atoms with Gasteiger partial charge in [-0.25, -0.2) is 4.39 Å². The molecule has 3 saturated heterocycles. The molecular weight excluding hydrogens is 492 g/mol. The summed E-state index contributed by atoms with van der Waals surface area (Å²) in [7, 11) is 1.44. The van der Waals surface area contributed by atoms with Gasteiger partial charge in [0.2, 0.25) is 5.91 Å². The van der Waals surface area contributed by atoms with Crippen LogP contribution in [0.2, 0.25) is 0 Å². The van der Waals surface area contributed by atoms with Crippen LogP contribution in [0.1, 0.15) is 54.7 Å². The molecule has 0 saturated carbocycles. The number of fused-ring (bicyclic) bond motifs is 2. The second-order valence-electron chi connectivity index (χ2n) is 10.5. The number of hydrogen-bond acceptors (Lipinski definition) is 5. The Morgan fingerprint density at radius 1 is 1.11 bits per heavy atom. The number of likely N-dealkylation sites (tertiary alicyclic amines) is 1. The van der Waals surface area contributed by atoms with Crippen molar-refractivity contribution in [3.05, 3.63) is 35.5 Å². The Morgan fingerprint density at radius 2 is 1.81 bits per heavy atom. The molecule has 2 aromatic heterocycles. The Hall–Kier alpha value is -3.02. The number of halogens is 4. The van der Waals surface area contributed by atoms with E-state index in [-0.39, 0.29) is 66.5 Å². The second kappa shape index (κ2) is 9.70. The van der Waals surface area contributed by atoms with Crippen molar-refractivity contribution in [2.75, 3.05) is 13.6 Å². The van der Waals surface area contributed by atoms with Crippen LogP contribution in [-0.4, -0.2) is 80.7 Å². The van der Waals surface area contributed by atoms with Crippen LogP contribution < -0.4 is 5.32 Å². The van der Waals surface area contributed by atoms with Gasteiger partial charge in [-0.05, 0) is 64.6 Å². The van der Waals surface area contributed by atoms with E-state index in [0.29, 0.717) is 24.2 Å². The highest BCUT2D eigenvalue weighted by Gasteiger charge is 2.47. The number of pyridine rings is 1. The zero-order valence-corrected chi connectivity index (χ0v) is 20.7. The number of amides is 2. The number of aromatic nitrogens is 3. The van der Waals surface area contributed by atoms with E-state index < -0.39 is 18.0 Å². The van der Waals surface area contributed by atoms with Gasteiger partial charge in [-0.15, -0.1) is 0 Å². The van der Waals surface area contributed by atoms with Crippen molar-refractivity contribution in [3.63, 3.8) is 0 Å². The van der Waals surface area contributed by atoms with Gasteiger partial charge >= 0.3 is 6.18 Å². The minimum absolute atomic E-state index is 0.0434. The largest absolute Gasteiger partial charge is 0.404 e. The highest BCUT2D eigenvalue weighted by Crippen LogP contribution is 2.40. The fourth-order valence-corrected chi connectivity index (χ4v) is 6.17. The number of likely N-dealkylation sites (N-methyl/N-ethyl adjacent to an activating group) is 1. The lowest BCUT2D eigenvalue weighted by molar-refractivity contribution is -0.188. The number of aromatic amines is 1. The molecule has 5 rings (SSSR count). The summed E-state index contributed by atoms with van der Waals surface area (Å²) in [6.45, 7) is 1.89. The smallest absolute Gasteiger partial charge is 0.352 e. The summed E-state index contributed by atoms with van der Waals surface area (Å²) < 4.78 is 53.6. The monoisotopic (exact) mass is 522 g/mol. The Balaban J connectivity index is 1.21. The van der Waals surface area contributed by atoms with Crippen molar-refractivity contribution in [2.24, 2.45) is 5.92 Å². The Kier molecular flexibility index (Phi) is 6.71. The second-order valence-corrected chi connectivity index (χ2v) is 10.5. The number of carbonyl (C=O) groups excluding carboxylic acids is 2. The minimum Gasteiger partial charge on any atom is -0.352 e. The van der Waals surface area contributed by atoms with Crippen LogP contribution in [0.15, 0.2) is 18.3 Å². The number of nitrogens with zero attached hydrogens (tertiary/aromatic N) is 4. The molecule has 200 valence electrons. The van der Waals surface area contributed by atoms with Crippen LogP contribution in [-0.2, 0) is 4.79 Å². The normalized spacial score (nSPS) is 28.4. The molecular formula is C25H30F4N6O2. The van der Waals surface area contributed by atoms with E-state index in [1.807, 2.05) is 0 Å². The van der Waals surface area contributed by atoms with Crippen molar-refractivity contribution < 1.29 is 27.2 Å². The molecule has 2 aromatic rings. The number of rotatable bonds is 4. The topological polar surface area (TPSA) is 94.2 Å². The van der Waals surface area contributed by atoms with E-state index in [4.69, 9.17) is 0 Å². The van der Waals surface area contributed by atoms with E-state index in [2.05, 4.69) is 20.5 Å². The lowest BCUT2D eigenvalue weighted by atomic mass is 9.89. The predicted molar refractivity (Wildman–Crippen MR) is 126 cm³/mol. The summed E-state index contributed by atoms with van der Waals surface area (Å²) >= 11 is 0. The first kappa shape index (κ1) is 25.6. The molecule has 2 N–H and O–H groups in total. The van der Waals surface area contributed by atoms with Gasteiger partial charge in [0.1, 0.15) is 11.7 Å². The highest BCUT2D eigenvalue weighted by atomic mass is 19.4. The molecule has 3 aliphatic rings. The fourth-order valence-electron chi connectivity index (χ4n) is 6.17. The molecule has 0 spiro atoms. The molecule has 5 heterocycles. The van der Waals surface area contributed by atoms with E-state index in [1.54, 1.807) is 17.9 Å². The SMILES string of the molecule is Cc1cc(-c2cc(C(=O)N3C4CCC3CC(C(=O)N[C@@H]3CC[C@@H](C(F)(F)F)N(C)C3)C4)[nH]n2)c(F)cn1. The molecule has 8 nitrogen and oxygen atoms in total. The molecule has 3 aliphatic heterocycles. The number of H-pyrrole nitrogens is 1. The Morgan fingerprint density at radius 3 is 2.46 bits per heavy atom. The standard InChI is InChI=1S/C25H30F4N6O2/c1-13-7-18(19(26)11-30-13)20-10-21(33-32-20)24(37)35-16-4-5-17(35)9-14(8-16)23(36)31-15-3-6-22(25(27,28)29)34(2)12-15/h7,10-11,14-17,22H,3-6,8-9,12H2,1-2H3,(H,31,36)(H,32,33)/t14?,15-,16?,17?,22+/m1/s1. The average Bonchev–Trinajstić information content (AvgIpc) is 3.42. The molecule has 12 heteroatoms. The minimum atomic E-state index is -4.27. The van der Waals surface area contributed by atoms with Gasteiger partial charge in [-0.3, -0.25) is 24.6 Å². The van der Waals surface area contributed by atoms with Crippen LogP contribution in [0.25, 0.3) is 11.3 Å². The maximum absolute atomic E-state index is 14.2. The predicted octanol–water partition coefficient (Wildman–Crippen LogP) is 3.44. The summed E-state index contributed by atoms with van der Waals surface area (Å²) in [6, 6.07) is 1.07. The Bertz CT molecular complexity index is 1170. The number of carbonyl (C=O) groups is 2. The lowest BCUT2D eigenvalue weighted by Gasteiger charge is -2.40. The first-order chi connectivity index (χ1) is 17.5. The molecule has 37 heavy (non-hydrogen) atoms. The summed E-state index contributed by atoms with van der Waals surface area (Å²) in [5.74, 6) is -1.21. The van der Waals surface area contributed by atoms with Crippen LogP contribution in [0.5, 0.6) is 0 Å². The van der Waals surface area contributed by atoms with Crippen LogP contribution in [0.3, 0.4) is 0 Å². The van der Waals surface area contributed by atoms with Gasteiger partial charge in [0.25, 0.3) is 5.91 Å². The van der Waals surface area contributed by atoms with Gasteiger partial charge in [0.15, 0.2) is 5.82 Å². The van der Waals surface area contributed by atoms with Crippen molar-refractivity contribution >= 4 is 11.8 Å². The number of nitrogens with one attached hydrogen (secondary N) is 2. The lowest BCUT2D eigenvalue weighted by Crippen LogP contribution is -2.56. The van der Waals surface area contributed by atoms with E-state index in [9.17, 15) is 27.2 Å². The summed E-state index contributed by atoms with van der Waals surface area (Å²) in [4.78, 5) is 33.4. The first-order valence-corrected chi connectivity index (χ1v) is 12.6. The van der Waals surface area contributed by atoms with E-state index >= 15 is 0 Å². The maximum atomic E-state index is 14.2. The third-order valence-electron chi connectivity index (χ3n) is 7.97. The zero-order chi connectivity index (χ0) is 26.5. The van der Waals surface area contributed by atoms with Crippen molar-refractivity contribution in [3.8, 4) is 11.3 Å². The summed E-state index contributed by atoms with van der Waals surface area (Å²) in [6.07, 6.45) is -0.359. The van der Waals surface area contributed by atoms with Crippen molar-refractivity contribution in [2.45, 2.75) is 75.8 Å². The van der Waals surface area contributed by atoms with Gasteiger partial charge in [-0.2, -0.15) is 18.3 Å². The molecule has 3 fully saturated rings. The van der Waals surface area contributed by atoms with Gasteiger partial charge in [-0.1, -0.05) is 0 Å². The highest BCUT2D eigenvalue weighted by molar-refractivity contribution is 5.94. The molecule has 2 amide bonds. The number of alkyl halides is 3. The molecule has 0 radical (unpaired) electrons. The zero-order valence-electron chi connectivity index (χ0n) is 20.7. The molecule has 2 bridgehead atoms. The molecule has 2 unspecified atom stereocenters. The summed E-state index contributed by atoms with van der Waals surface area (Å²) in [5.41, 5.74) is 1.47. The van der Waals surface area contributed by atoms with Crippen LogP contribution >= 0.6 is 0 Å². The number of piperidine rings is 2. The quantitative estimate of drug-likeness (QED) is 0.600. The van der Waals surface area contributed by atoms with Gasteiger partial charge in [0, 0.05) is 41.8 Å². The molecule has 0 aromatic carbocycles.